The van der Waals surface area contributed by atoms with E-state index >= 15 is 0 Å². The molecule has 0 spiro atoms. The van der Waals surface area contributed by atoms with Gasteiger partial charge in [0.15, 0.2) is 5.43 Å². The molecule has 1 aromatic heterocycles. The number of aromatic hydroxyl groups is 1. The summed E-state index contributed by atoms with van der Waals surface area (Å²) in [5.74, 6) is 0.261. The molecular weight excluding hydrogens is 304 g/mol. The van der Waals surface area contributed by atoms with Crippen LogP contribution in [-0.4, -0.2) is 5.11 Å². The van der Waals surface area contributed by atoms with Crippen molar-refractivity contribution in [3.8, 4) is 5.75 Å². The molecule has 0 unspecified atom stereocenters. The molecule has 1 aliphatic carbocycles. The van der Waals surface area contributed by atoms with Gasteiger partial charge in [-0.2, -0.15) is 0 Å². The average Bonchev–Trinajstić information content (AvgIpc) is 2.52. The van der Waals surface area contributed by atoms with E-state index in [4.69, 9.17) is 11.6 Å². The Balaban J connectivity index is 2.27. The molecule has 21 heavy (non-hydrogen) atoms. The first-order valence-electron chi connectivity index (χ1n) is 7.06. The lowest BCUT2D eigenvalue weighted by Crippen LogP contribution is -2.08. The maximum Gasteiger partial charge on any atom is 0.197 e. The Kier molecular flexibility index (Phi) is 2.95. The molecule has 2 nitrogen and oxygen atoms in total. The van der Waals surface area contributed by atoms with E-state index in [1.807, 2.05) is 24.3 Å². The first kappa shape index (κ1) is 13.1. The number of phenols is 1. The summed E-state index contributed by atoms with van der Waals surface area (Å²) in [7, 11) is 0. The first-order valence-corrected chi connectivity index (χ1v) is 8.25. The predicted octanol–water partition coefficient (Wildman–Crippen LogP) is 4.65. The Hall–Kier alpha value is -1.58. The van der Waals surface area contributed by atoms with Crippen LogP contribution in [0.3, 0.4) is 0 Å². The van der Waals surface area contributed by atoms with Gasteiger partial charge in [0.05, 0.1) is 15.1 Å². The highest BCUT2D eigenvalue weighted by atomic mass is 35.5. The van der Waals surface area contributed by atoms with E-state index in [9.17, 15) is 9.90 Å². The van der Waals surface area contributed by atoms with Crippen LogP contribution in [-0.2, 0) is 12.8 Å². The van der Waals surface area contributed by atoms with Gasteiger partial charge >= 0.3 is 0 Å². The molecule has 0 fully saturated rings. The minimum atomic E-state index is -0.0759. The predicted molar refractivity (Wildman–Crippen MR) is 88.9 cm³/mol. The van der Waals surface area contributed by atoms with Gasteiger partial charge in [-0.05, 0) is 43.4 Å². The second-order valence-corrected chi connectivity index (χ2v) is 6.89. The minimum absolute atomic E-state index is 0.0759. The van der Waals surface area contributed by atoms with Crippen LogP contribution in [0.4, 0.5) is 0 Å². The van der Waals surface area contributed by atoms with Gasteiger partial charge in [0.1, 0.15) is 5.75 Å². The standard InChI is InChI=1S/C17H13ClO2S/c18-14-9-5-1-2-6-10(9)16(20)17-13(14)15(19)11-7-3-4-8-12(11)21-17/h3-4,7-8,20H,1-2,5-6H2. The fourth-order valence-corrected chi connectivity index (χ4v) is 4.80. The zero-order valence-electron chi connectivity index (χ0n) is 11.3. The van der Waals surface area contributed by atoms with Gasteiger partial charge in [0.2, 0.25) is 0 Å². The molecule has 4 rings (SSSR count). The lowest BCUT2D eigenvalue weighted by atomic mass is 9.89. The number of benzene rings is 2. The van der Waals surface area contributed by atoms with E-state index in [2.05, 4.69) is 0 Å². The van der Waals surface area contributed by atoms with Crippen molar-refractivity contribution in [2.45, 2.75) is 25.7 Å². The van der Waals surface area contributed by atoms with Crippen LogP contribution in [0.1, 0.15) is 24.0 Å². The van der Waals surface area contributed by atoms with E-state index in [0.29, 0.717) is 20.5 Å². The summed E-state index contributed by atoms with van der Waals surface area (Å²) in [6.45, 7) is 0. The molecule has 0 saturated carbocycles. The third kappa shape index (κ3) is 1.81. The highest BCUT2D eigenvalue weighted by Gasteiger charge is 2.23. The Labute approximate surface area is 130 Å². The number of hydrogen-bond donors (Lipinski definition) is 1. The molecule has 0 saturated heterocycles. The van der Waals surface area contributed by atoms with Crippen LogP contribution in [0.15, 0.2) is 29.1 Å². The van der Waals surface area contributed by atoms with Crippen molar-refractivity contribution in [2.75, 3.05) is 0 Å². The average molecular weight is 317 g/mol. The van der Waals surface area contributed by atoms with Gasteiger partial charge in [-0.3, -0.25) is 4.79 Å². The number of hydrogen-bond acceptors (Lipinski definition) is 3. The molecule has 0 bridgehead atoms. The minimum Gasteiger partial charge on any atom is -0.506 e. The van der Waals surface area contributed by atoms with Crippen molar-refractivity contribution >= 4 is 43.1 Å². The largest absolute Gasteiger partial charge is 0.506 e. The lowest BCUT2D eigenvalue weighted by Gasteiger charge is -2.20. The Bertz CT molecular complexity index is 943. The number of rotatable bonds is 0. The van der Waals surface area contributed by atoms with Crippen LogP contribution < -0.4 is 5.43 Å². The van der Waals surface area contributed by atoms with E-state index in [1.54, 1.807) is 0 Å². The molecule has 0 amide bonds. The van der Waals surface area contributed by atoms with Crippen LogP contribution in [0.5, 0.6) is 5.75 Å². The van der Waals surface area contributed by atoms with Gasteiger partial charge in [0, 0.05) is 15.6 Å². The Morgan fingerprint density at radius 3 is 2.62 bits per heavy atom. The fourth-order valence-electron chi connectivity index (χ4n) is 3.20. The van der Waals surface area contributed by atoms with Gasteiger partial charge in [-0.1, -0.05) is 23.7 Å². The highest BCUT2D eigenvalue weighted by Crippen LogP contribution is 2.43. The number of halogens is 1. The molecule has 0 aliphatic heterocycles. The topological polar surface area (TPSA) is 37.3 Å². The number of phenolic OH excluding ortho intramolecular Hbond substituents is 1. The van der Waals surface area contributed by atoms with Gasteiger partial charge in [0.25, 0.3) is 0 Å². The summed E-state index contributed by atoms with van der Waals surface area (Å²) in [6, 6.07) is 7.49. The van der Waals surface area contributed by atoms with Crippen molar-refractivity contribution < 1.29 is 5.11 Å². The third-order valence-corrected chi connectivity index (χ3v) is 5.85. The van der Waals surface area contributed by atoms with Crippen molar-refractivity contribution in [3.05, 3.63) is 50.6 Å². The molecular formula is C17H13ClO2S. The van der Waals surface area contributed by atoms with E-state index in [0.717, 1.165) is 41.5 Å². The summed E-state index contributed by atoms with van der Waals surface area (Å²) in [6.07, 6.45) is 3.80. The van der Waals surface area contributed by atoms with Crippen molar-refractivity contribution in [1.82, 2.24) is 0 Å². The van der Waals surface area contributed by atoms with E-state index < -0.39 is 0 Å². The number of fused-ring (bicyclic) bond motifs is 3. The van der Waals surface area contributed by atoms with Crippen molar-refractivity contribution in [1.29, 1.82) is 0 Å². The Morgan fingerprint density at radius 1 is 1.10 bits per heavy atom. The quantitative estimate of drug-likeness (QED) is 0.613. The first-order chi connectivity index (χ1) is 10.2. The highest BCUT2D eigenvalue weighted by molar-refractivity contribution is 7.25. The molecule has 2 aromatic carbocycles. The molecule has 0 radical (unpaired) electrons. The maximum absolute atomic E-state index is 12.8. The summed E-state index contributed by atoms with van der Waals surface area (Å²) in [4.78, 5) is 12.8. The Morgan fingerprint density at radius 2 is 1.81 bits per heavy atom. The van der Waals surface area contributed by atoms with Crippen molar-refractivity contribution in [2.24, 2.45) is 0 Å². The van der Waals surface area contributed by atoms with Crippen LogP contribution in [0.2, 0.25) is 5.02 Å². The SMILES string of the molecule is O=c1c2ccccc2sc2c(O)c3c(c(Cl)c12)CCCC3. The zero-order chi connectivity index (χ0) is 14.6. The monoisotopic (exact) mass is 316 g/mol. The van der Waals surface area contributed by atoms with Crippen molar-refractivity contribution in [3.63, 3.8) is 0 Å². The summed E-state index contributed by atoms with van der Waals surface area (Å²) >= 11 is 7.98. The van der Waals surface area contributed by atoms with Gasteiger partial charge in [-0.25, -0.2) is 0 Å². The maximum atomic E-state index is 12.8. The second-order valence-electron chi connectivity index (χ2n) is 5.46. The van der Waals surface area contributed by atoms with Crippen LogP contribution in [0.25, 0.3) is 20.2 Å². The molecule has 106 valence electrons. The molecule has 3 aromatic rings. The van der Waals surface area contributed by atoms with Crippen LogP contribution >= 0.6 is 22.9 Å². The summed E-state index contributed by atoms with van der Waals surface area (Å²) < 4.78 is 1.52. The fraction of sp³-hybridized carbons (Fsp3) is 0.235. The second kappa shape index (κ2) is 4.72. The third-order valence-electron chi connectivity index (χ3n) is 4.25. The van der Waals surface area contributed by atoms with Gasteiger partial charge in [-0.15, -0.1) is 11.3 Å². The van der Waals surface area contributed by atoms with Crippen LogP contribution in [0, 0.1) is 0 Å². The molecule has 0 atom stereocenters. The zero-order valence-corrected chi connectivity index (χ0v) is 12.9. The molecule has 1 heterocycles. The lowest BCUT2D eigenvalue weighted by molar-refractivity contribution is 0.469. The van der Waals surface area contributed by atoms with E-state index in [-0.39, 0.29) is 11.2 Å². The molecule has 4 heteroatoms. The van der Waals surface area contributed by atoms with E-state index in [1.165, 1.54) is 11.3 Å². The molecule has 1 aliphatic rings. The summed E-state index contributed by atoms with van der Waals surface area (Å²) in [5.41, 5.74) is 1.82. The normalized spacial score (nSPS) is 14.5. The summed E-state index contributed by atoms with van der Waals surface area (Å²) in [5, 5.41) is 12.3. The smallest absolute Gasteiger partial charge is 0.197 e. The van der Waals surface area contributed by atoms with Gasteiger partial charge < -0.3 is 5.11 Å². The molecule has 1 N–H and O–H groups in total.